The molecule has 1 saturated carbocycles. The summed E-state index contributed by atoms with van der Waals surface area (Å²) in [6.45, 7) is 0. The second-order valence-corrected chi connectivity index (χ2v) is 8.45. The molecule has 0 heterocycles. The minimum atomic E-state index is -4.62. The smallest absolute Gasteiger partial charge is 0.429 e. The average molecular weight is 482 g/mol. The van der Waals surface area contributed by atoms with Gasteiger partial charge < -0.3 is 4.74 Å². The van der Waals surface area contributed by atoms with E-state index in [0.717, 1.165) is 43.4 Å². The predicted octanol–water partition coefficient (Wildman–Crippen LogP) is 8.62. The van der Waals surface area contributed by atoms with Gasteiger partial charge in [-0.2, -0.15) is 8.78 Å². The molecular weight excluding hydrogens is 461 g/mol. The van der Waals surface area contributed by atoms with Gasteiger partial charge in [-0.05, 0) is 47.6 Å². The second kappa shape index (κ2) is 9.68. The SMILES string of the molecule is Fc1cc(OC(F)(F)c2c(F)cc(-c3ccc(C4CCCCCC4)cc3)cc2F)cc(F)c1F. The average Bonchev–Trinajstić information content (AvgIpc) is 3.06. The number of hydrogen-bond donors (Lipinski definition) is 0. The Morgan fingerprint density at radius 3 is 1.71 bits per heavy atom. The van der Waals surface area contributed by atoms with E-state index >= 15 is 0 Å². The third-order valence-electron chi connectivity index (χ3n) is 6.11. The molecule has 0 amide bonds. The fraction of sp³-hybridized carbons (Fsp3) is 0.308. The zero-order chi connectivity index (χ0) is 24.5. The van der Waals surface area contributed by atoms with Crippen LogP contribution in [0.1, 0.15) is 55.6 Å². The van der Waals surface area contributed by atoms with Gasteiger partial charge in [0.25, 0.3) is 0 Å². The van der Waals surface area contributed by atoms with E-state index in [2.05, 4.69) is 4.74 Å². The zero-order valence-corrected chi connectivity index (χ0v) is 18.0. The van der Waals surface area contributed by atoms with Crippen LogP contribution in [0.5, 0.6) is 5.75 Å². The Balaban J connectivity index is 1.59. The minimum Gasteiger partial charge on any atom is -0.429 e. The molecule has 0 aromatic heterocycles. The van der Waals surface area contributed by atoms with Crippen LogP contribution in [0.3, 0.4) is 0 Å². The maximum Gasteiger partial charge on any atom is 0.432 e. The summed E-state index contributed by atoms with van der Waals surface area (Å²) in [5.41, 5.74) is -0.118. The molecular formula is C26H21F7O. The van der Waals surface area contributed by atoms with Crippen molar-refractivity contribution in [2.75, 3.05) is 0 Å². The maximum atomic E-state index is 14.6. The van der Waals surface area contributed by atoms with E-state index in [4.69, 9.17) is 0 Å². The van der Waals surface area contributed by atoms with Crippen LogP contribution in [0.25, 0.3) is 11.1 Å². The lowest BCUT2D eigenvalue weighted by Gasteiger charge is -2.20. The number of benzene rings is 3. The van der Waals surface area contributed by atoms with E-state index in [1.165, 1.54) is 12.8 Å². The van der Waals surface area contributed by atoms with E-state index in [1.54, 1.807) is 12.1 Å². The minimum absolute atomic E-state index is 0.0424. The number of hydrogen-bond acceptors (Lipinski definition) is 1. The summed E-state index contributed by atoms with van der Waals surface area (Å²) in [5, 5.41) is 0. The molecule has 180 valence electrons. The zero-order valence-electron chi connectivity index (χ0n) is 18.0. The number of alkyl halides is 2. The van der Waals surface area contributed by atoms with Gasteiger partial charge in [0, 0.05) is 12.1 Å². The molecule has 0 spiro atoms. The predicted molar refractivity (Wildman–Crippen MR) is 113 cm³/mol. The molecule has 3 aromatic carbocycles. The number of ether oxygens (including phenoxy) is 1. The molecule has 1 aliphatic carbocycles. The lowest BCUT2D eigenvalue weighted by Crippen LogP contribution is -2.25. The van der Waals surface area contributed by atoms with Gasteiger partial charge in [-0.15, -0.1) is 0 Å². The Morgan fingerprint density at radius 1 is 0.647 bits per heavy atom. The van der Waals surface area contributed by atoms with Gasteiger partial charge >= 0.3 is 6.11 Å². The van der Waals surface area contributed by atoms with Crippen molar-refractivity contribution in [3.63, 3.8) is 0 Å². The summed E-state index contributed by atoms with van der Waals surface area (Å²) in [4.78, 5) is 0. The van der Waals surface area contributed by atoms with Gasteiger partial charge in [0.2, 0.25) is 0 Å². The number of rotatable bonds is 5. The Labute approximate surface area is 192 Å². The normalized spacial score (nSPS) is 15.3. The third kappa shape index (κ3) is 5.05. The van der Waals surface area contributed by atoms with Crippen molar-refractivity contribution in [1.82, 2.24) is 0 Å². The van der Waals surface area contributed by atoms with Crippen LogP contribution in [-0.4, -0.2) is 0 Å². The van der Waals surface area contributed by atoms with E-state index in [9.17, 15) is 30.7 Å². The summed E-state index contributed by atoms with van der Waals surface area (Å²) in [6, 6.07) is 8.93. The van der Waals surface area contributed by atoms with Crippen molar-refractivity contribution in [3.8, 4) is 16.9 Å². The molecule has 1 nitrogen and oxygen atoms in total. The summed E-state index contributed by atoms with van der Waals surface area (Å²) < 4.78 is 102. The fourth-order valence-corrected chi connectivity index (χ4v) is 4.37. The highest BCUT2D eigenvalue weighted by Crippen LogP contribution is 2.38. The van der Waals surface area contributed by atoms with Crippen LogP contribution in [0.15, 0.2) is 48.5 Å². The van der Waals surface area contributed by atoms with Gasteiger partial charge in [0.15, 0.2) is 17.5 Å². The molecule has 1 aliphatic rings. The Kier molecular flexibility index (Phi) is 6.86. The van der Waals surface area contributed by atoms with Crippen molar-refractivity contribution in [2.45, 2.75) is 50.6 Å². The van der Waals surface area contributed by atoms with Gasteiger partial charge in [0.05, 0.1) is 0 Å². The van der Waals surface area contributed by atoms with Gasteiger partial charge in [-0.3, -0.25) is 0 Å². The maximum absolute atomic E-state index is 14.6. The number of halogens is 7. The highest BCUT2D eigenvalue weighted by Gasteiger charge is 2.41. The van der Waals surface area contributed by atoms with Gasteiger partial charge in [-0.1, -0.05) is 49.9 Å². The lowest BCUT2D eigenvalue weighted by atomic mass is 9.90. The molecule has 34 heavy (non-hydrogen) atoms. The largest absolute Gasteiger partial charge is 0.432 e. The van der Waals surface area contributed by atoms with E-state index in [0.29, 0.717) is 11.5 Å². The summed E-state index contributed by atoms with van der Waals surface area (Å²) >= 11 is 0. The van der Waals surface area contributed by atoms with E-state index < -0.39 is 46.5 Å². The highest BCUT2D eigenvalue weighted by molar-refractivity contribution is 5.64. The monoisotopic (exact) mass is 482 g/mol. The molecule has 0 radical (unpaired) electrons. The van der Waals surface area contributed by atoms with Crippen LogP contribution >= 0.6 is 0 Å². The molecule has 8 heteroatoms. The summed E-state index contributed by atoms with van der Waals surface area (Å²) in [7, 11) is 0. The van der Waals surface area contributed by atoms with Crippen molar-refractivity contribution < 1.29 is 35.5 Å². The third-order valence-corrected chi connectivity index (χ3v) is 6.11. The standard InChI is InChI=1S/C26H21F7O/c27-20-11-18(17-9-7-16(8-10-17)15-5-3-1-2-4-6-15)12-21(28)24(20)26(32,33)34-19-13-22(29)25(31)23(30)14-19/h7-15H,1-6H2. The van der Waals surface area contributed by atoms with E-state index in [1.807, 2.05) is 12.1 Å². The molecule has 4 rings (SSSR count). The van der Waals surface area contributed by atoms with Crippen molar-refractivity contribution in [2.24, 2.45) is 0 Å². The van der Waals surface area contributed by atoms with Crippen LogP contribution in [0.2, 0.25) is 0 Å². The molecule has 0 atom stereocenters. The quantitative estimate of drug-likeness (QED) is 0.201. The van der Waals surface area contributed by atoms with Crippen molar-refractivity contribution in [1.29, 1.82) is 0 Å². The van der Waals surface area contributed by atoms with Gasteiger partial charge in [0.1, 0.15) is 22.9 Å². The first kappa shape index (κ1) is 24.1. The highest BCUT2D eigenvalue weighted by atomic mass is 19.3. The van der Waals surface area contributed by atoms with Gasteiger partial charge in [-0.25, -0.2) is 22.0 Å². The summed E-state index contributed by atoms with van der Waals surface area (Å²) in [6.07, 6.45) is 2.25. The first-order chi connectivity index (χ1) is 16.2. The summed E-state index contributed by atoms with van der Waals surface area (Å²) in [5.74, 6) is -9.36. The first-order valence-corrected chi connectivity index (χ1v) is 11.0. The molecule has 0 unspecified atom stereocenters. The second-order valence-electron chi connectivity index (χ2n) is 8.45. The molecule has 0 bridgehead atoms. The van der Waals surface area contributed by atoms with Crippen LogP contribution in [-0.2, 0) is 6.11 Å². The Morgan fingerprint density at radius 2 is 1.18 bits per heavy atom. The Bertz CT molecular complexity index is 1120. The topological polar surface area (TPSA) is 9.23 Å². The van der Waals surface area contributed by atoms with Crippen molar-refractivity contribution in [3.05, 3.63) is 88.7 Å². The van der Waals surface area contributed by atoms with Crippen LogP contribution < -0.4 is 4.74 Å². The van der Waals surface area contributed by atoms with Crippen LogP contribution in [0.4, 0.5) is 30.7 Å². The van der Waals surface area contributed by atoms with E-state index in [-0.39, 0.29) is 17.7 Å². The molecule has 0 aliphatic heterocycles. The lowest BCUT2D eigenvalue weighted by molar-refractivity contribution is -0.189. The molecule has 0 saturated heterocycles. The first-order valence-electron chi connectivity index (χ1n) is 11.0. The van der Waals surface area contributed by atoms with Crippen LogP contribution in [0, 0.1) is 29.1 Å². The molecule has 0 N–H and O–H groups in total. The molecule has 1 fully saturated rings. The molecule has 3 aromatic rings. The van der Waals surface area contributed by atoms with Crippen molar-refractivity contribution >= 4 is 0 Å². The fourth-order valence-electron chi connectivity index (χ4n) is 4.37. The Hall–Kier alpha value is -3.03.